The van der Waals surface area contributed by atoms with Crippen LogP contribution in [-0.4, -0.2) is 24.0 Å². The Kier molecular flexibility index (Phi) is 3.64. The van der Waals surface area contributed by atoms with Crippen molar-refractivity contribution in [3.8, 4) is 0 Å². The van der Waals surface area contributed by atoms with Crippen molar-refractivity contribution >= 4 is 0 Å². The number of rotatable bonds is 1. The van der Waals surface area contributed by atoms with E-state index in [1.807, 2.05) is 0 Å². The van der Waals surface area contributed by atoms with Crippen LogP contribution in [0.25, 0.3) is 0 Å². The Morgan fingerprint density at radius 2 is 1.79 bits per heavy atom. The smallest absolute Gasteiger partial charge is 0.0455 e. The van der Waals surface area contributed by atoms with E-state index in [2.05, 4.69) is 43.0 Å². The molecule has 0 radical (unpaired) electrons. The third-order valence-corrected chi connectivity index (χ3v) is 4.90. The molecule has 1 fully saturated rings. The van der Waals surface area contributed by atoms with Gasteiger partial charge in [-0.2, -0.15) is 0 Å². The summed E-state index contributed by atoms with van der Waals surface area (Å²) in [5, 5.41) is 0. The number of aryl methyl sites for hydroxylation is 1. The van der Waals surface area contributed by atoms with E-state index < -0.39 is 0 Å². The van der Waals surface area contributed by atoms with Crippen LogP contribution in [0.2, 0.25) is 0 Å². The normalized spacial score (nSPS) is 35.9. The molecule has 4 unspecified atom stereocenters. The van der Waals surface area contributed by atoms with Gasteiger partial charge in [0.2, 0.25) is 0 Å². The highest BCUT2D eigenvalue weighted by Crippen LogP contribution is 2.34. The number of likely N-dealkylation sites (tertiary alicyclic amines) is 1. The maximum Gasteiger partial charge on any atom is 0.0455 e. The van der Waals surface area contributed by atoms with Crippen LogP contribution in [0.3, 0.4) is 0 Å². The molecule has 2 heteroatoms. The number of nitrogens with zero attached hydrogens (tertiary/aromatic N) is 1. The lowest BCUT2D eigenvalue weighted by molar-refractivity contribution is 0.0741. The zero-order chi connectivity index (χ0) is 13.4. The fourth-order valence-corrected chi connectivity index (χ4v) is 4.17. The first-order valence-electron chi connectivity index (χ1n) is 7.72. The molecule has 1 aromatic rings. The molecular formula is C17H26N2. The van der Waals surface area contributed by atoms with Crippen LogP contribution in [0.5, 0.6) is 0 Å². The van der Waals surface area contributed by atoms with Gasteiger partial charge in [0.05, 0.1) is 0 Å². The summed E-state index contributed by atoms with van der Waals surface area (Å²) in [6.45, 7) is 7.21. The Labute approximate surface area is 117 Å². The summed E-state index contributed by atoms with van der Waals surface area (Å²) in [5.74, 6) is 1.63. The number of nitrogens with two attached hydrogens (primary N) is 1. The van der Waals surface area contributed by atoms with E-state index in [-0.39, 0.29) is 6.04 Å². The van der Waals surface area contributed by atoms with Crippen LogP contribution in [0.15, 0.2) is 24.3 Å². The van der Waals surface area contributed by atoms with Gasteiger partial charge >= 0.3 is 0 Å². The Morgan fingerprint density at radius 3 is 2.53 bits per heavy atom. The molecule has 104 valence electrons. The molecule has 3 rings (SSSR count). The number of fused-ring (bicyclic) bond motifs is 1. The van der Waals surface area contributed by atoms with E-state index in [1.54, 1.807) is 0 Å². The summed E-state index contributed by atoms with van der Waals surface area (Å²) in [7, 11) is 0. The SMILES string of the molecule is CC1CC(C)CN(C2CCc3ccccc3C2N)C1. The second-order valence-electron chi connectivity index (χ2n) is 6.73. The van der Waals surface area contributed by atoms with E-state index in [4.69, 9.17) is 5.73 Å². The number of hydrogen-bond acceptors (Lipinski definition) is 2. The van der Waals surface area contributed by atoms with E-state index in [0.29, 0.717) is 6.04 Å². The molecule has 1 aliphatic heterocycles. The van der Waals surface area contributed by atoms with Crippen molar-refractivity contribution in [1.29, 1.82) is 0 Å². The zero-order valence-corrected chi connectivity index (χ0v) is 12.2. The van der Waals surface area contributed by atoms with Gasteiger partial charge in [-0.25, -0.2) is 0 Å². The predicted molar refractivity (Wildman–Crippen MR) is 80.0 cm³/mol. The Hall–Kier alpha value is -0.860. The molecule has 1 aromatic carbocycles. The van der Waals surface area contributed by atoms with Crippen molar-refractivity contribution in [1.82, 2.24) is 4.90 Å². The zero-order valence-electron chi connectivity index (χ0n) is 12.2. The number of benzene rings is 1. The largest absolute Gasteiger partial charge is 0.323 e. The summed E-state index contributed by atoms with van der Waals surface area (Å²) in [6, 6.07) is 9.47. The quantitative estimate of drug-likeness (QED) is 0.839. The van der Waals surface area contributed by atoms with Crippen LogP contribution in [0, 0.1) is 11.8 Å². The third kappa shape index (κ3) is 2.56. The van der Waals surface area contributed by atoms with Crippen LogP contribution in [0.4, 0.5) is 0 Å². The molecule has 2 N–H and O–H groups in total. The Bertz CT molecular complexity index is 433. The lowest BCUT2D eigenvalue weighted by Gasteiger charge is -2.44. The minimum Gasteiger partial charge on any atom is -0.323 e. The van der Waals surface area contributed by atoms with E-state index >= 15 is 0 Å². The Balaban J connectivity index is 1.80. The van der Waals surface area contributed by atoms with Crippen LogP contribution in [-0.2, 0) is 6.42 Å². The molecule has 0 spiro atoms. The van der Waals surface area contributed by atoms with E-state index in [0.717, 1.165) is 11.8 Å². The minimum absolute atomic E-state index is 0.197. The van der Waals surface area contributed by atoms with Gasteiger partial charge in [-0.3, -0.25) is 4.90 Å². The number of hydrogen-bond donors (Lipinski definition) is 1. The highest BCUT2D eigenvalue weighted by atomic mass is 15.2. The fraction of sp³-hybridized carbons (Fsp3) is 0.647. The summed E-state index contributed by atoms with van der Waals surface area (Å²) in [5.41, 5.74) is 9.41. The topological polar surface area (TPSA) is 29.3 Å². The lowest BCUT2D eigenvalue weighted by Crippen LogP contribution is -2.50. The Morgan fingerprint density at radius 1 is 1.11 bits per heavy atom. The molecule has 4 atom stereocenters. The average Bonchev–Trinajstić information content (AvgIpc) is 2.38. The van der Waals surface area contributed by atoms with Crippen molar-refractivity contribution in [2.24, 2.45) is 17.6 Å². The second-order valence-corrected chi connectivity index (χ2v) is 6.73. The summed E-state index contributed by atoms with van der Waals surface area (Å²) in [6.07, 6.45) is 3.78. The second kappa shape index (κ2) is 5.26. The lowest BCUT2D eigenvalue weighted by atomic mass is 9.81. The molecule has 2 nitrogen and oxygen atoms in total. The van der Waals surface area contributed by atoms with Crippen LogP contribution in [0.1, 0.15) is 43.9 Å². The van der Waals surface area contributed by atoms with Gasteiger partial charge in [-0.1, -0.05) is 38.1 Å². The first-order valence-corrected chi connectivity index (χ1v) is 7.72. The summed E-state index contributed by atoms with van der Waals surface area (Å²) >= 11 is 0. The first kappa shape index (κ1) is 13.1. The molecule has 19 heavy (non-hydrogen) atoms. The maximum atomic E-state index is 6.57. The van der Waals surface area contributed by atoms with Gasteiger partial charge in [-0.15, -0.1) is 0 Å². The monoisotopic (exact) mass is 258 g/mol. The van der Waals surface area contributed by atoms with Gasteiger partial charge in [-0.05, 0) is 42.2 Å². The molecule has 1 aliphatic carbocycles. The van der Waals surface area contributed by atoms with Crippen molar-refractivity contribution in [3.05, 3.63) is 35.4 Å². The van der Waals surface area contributed by atoms with Crippen molar-refractivity contribution in [2.75, 3.05) is 13.1 Å². The third-order valence-electron chi connectivity index (χ3n) is 4.90. The summed E-state index contributed by atoms with van der Waals surface area (Å²) < 4.78 is 0. The molecule has 1 saturated heterocycles. The van der Waals surface area contributed by atoms with Crippen molar-refractivity contribution in [3.63, 3.8) is 0 Å². The minimum atomic E-state index is 0.197. The standard InChI is InChI=1S/C17H26N2/c1-12-9-13(2)11-19(10-12)16-8-7-14-5-3-4-6-15(14)17(16)18/h3-6,12-13,16-17H,7-11,18H2,1-2H3. The molecule has 0 aromatic heterocycles. The maximum absolute atomic E-state index is 6.57. The molecule has 0 bridgehead atoms. The highest BCUT2D eigenvalue weighted by molar-refractivity contribution is 5.33. The van der Waals surface area contributed by atoms with Gasteiger partial charge in [0.25, 0.3) is 0 Å². The molecule has 2 aliphatic rings. The molecule has 0 saturated carbocycles. The summed E-state index contributed by atoms with van der Waals surface area (Å²) in [4.78, 5) is 2.67. The fourth-order valence-electron chi connectivity index (χ4n) is 4.17. The van der Waals surface area contributed by atoms with Gasteiger partial charge < -0.3 is 5.73 Å². The van der Waals surface area contributed by atoms with E-state index in [1.165, 1.54) is 43.5 Å². The molecule has 0 amide bonds. The first-order chi connectivity index (χ1) is 9.15. The predicted octanol–water partition coefficient (Wildman–Crippen LogP) is 2.98. The van der Waals surface area contributed by atoms with Gasteiger partial charge in [0, 0.05) is 25.2 Å². The number of piperidine rings is 1. The average molecular weight is 258 g/mol. The van der Waals surface area contributed by atoms with Crippen LogP contribution >= 0.6 is 0 Å². The van der Waals surface area contributed by atoms with Crippen molar-refractivity contribution in [2.45, 2.75) is 45.2 Å². The highest BCUT2D eigenvalue weighted by Gasteiger charge is 2.34. The van der Waals surface area contributed by atoms with E-state index in [9.17, 15) is 0 Å². The molecule has 1 heterocycles. The van der Waals surface area contributed by atoms with Crippen LogP contribution < -0.4 is 5.73 Å². The van der Waals surface area contributed by atoms with Crippen molar-refractivity contribution < 1.29 is 0 Å². The van der Waals surface area contributed by atoms with Gasteiger partial charge in [0.1, 0.15) is 0 Å². The molecular weight excluding hydrogens is 232 g/mol. The van der Waals surface area contributed by atoms with Gasteiger partial charge in [0.15, 0.2) is 0 Å².